The van der Waals surface area contributed by atoms with E-state index in [-0.39, 0.29) is 11.5 Å². The zero-order valence-electron chi connectivity index (χ0n) is 11.7. The number of aryl methyl sites for hydroxylation is 1. The monoisotopic (exact) mass is 352 g/mol. The zero-order valence-corrected chi connectivity index (χ0v) is 14.2. The summed E-state index contributed by atoms with van der Waals surface area (Å²) >= 11 is 4.00. The van der Waals surface area contributed by atoms with Crippen LogP contribution in [0.4, 0.5) is 5.13 Å². The molecule has 1 amide bonds. The first-order chi connectivity index (χ1) is 10.5. The summed E-state index contributed by atoms with van der Waals surface area (Å²) in [4.78, 5) is 36.0. The van der Waals surface area contributed by atoms with Crippen LogP contribution >= 0.6 is 34.4 Å². The van der Waals surface area contributed by atoms with Gasteiger partial charge in [-0.3, -0.25) is 9.59 Å². The fourth-order valence-corrected chi connectivity index (χ4v) is 4.15. The Morgan fingerprint density at radius 1 is 1.45 bits per heavy atom. The van der Waals surface area contributed by atoms with Crippen LogP contribution in [0.25, 0.3) is 10.2 Å². The van der Waals surface area contributed by atoms with Crippen molar-refractivity contribution in [3.05, 3.63) is 32.9 Å². The summed E-state index contributed by atoms with van der Waals surface area (Å²) in [7, 11) is 0. The second-order valence-electron chi connectivity index (χ2n) is 4.56. The van der Waals surface area contributed by atoms with Gasteiger partial charge in [-0.15, -0.1) is 22.7 Å². The number of amides is 1. The van der Waals surface area contributed by atoms with Crippen molar-refractivity contribution in [2.24, 2.45) is 0 Å². The van der Waals surface area contributed by atoms with Crippen molar-refractivity contribution in [2.45, 2.75) is 24.3 Å². The number of rotatable bonds is 4. The summed E-state index contributed by atoms with van der Waals surface area (Å²) in [5.74, 6) is -0.176. The molecule has 3 heterocycles. The van der Waals surface area contributed by atoms with Crippen molar-refractivity contribution in [1.82, 2.24) is 15.0 Å². The molecule has 0 aliphatic rings. The van der Waals surface area contributed by atoms with Crippen LogP contribution in [0, 0.1) is 6.92 Å². The van der Waals surface area contributed by atoms with E-state index in [0.29, 0.717) is 20.5 Å². The third kappa shape index (κ3) is 3.06. The summed E-state index contributed by atoms with van der Waals surface area (Å²) < 4.78 is 0. The molecule has 0 fully saturated rings. The van der Waals surface area contributed by atoms with Gasteiger partial charge in [-0.2, -0.15) is 0 Å². The van der Waals surface area contributed by atoms with Crippen LogP contribution < -0.4 is 10.9 Å². The summed E-state index contributed by atoms with van der Waals surface area (Å²) in [6, 6.07) is 0. The van der Waals surface area contributed by atoms with E-state index in [1.807, 2.05) is 12.3 Å². The van der Waals surface area contributed by atoms with Gasteiger partial charge in [-0.05, 0) is 24.8 Å². The first-order valence-corrected chi connectivity index (χ1v) is 9.03. The Balaban J connectivity index is 1.77. The largest absolute Gasteiger partial charge is 0.301 e. The van der Waals surface area contributed by atoms with Crippen molar-refractivity contribution in [2.75, 3.05) is 5.32 Å². The Labute approximate surface area is 138 Å². The first-order valence-electron chi connectivity index (χ1n) is 6.39. The van der Waals surface area contributed by atoms with Gasteiger partial charge in [-0.25, -0.2) is 9.97 Å². The van der Waals surface area contributed by atoms with E-state index in [1.54, 1.807) is 18.5 Å². The van der Waals surface area contributed by atoms with E-state index in [0.717, 1.165) is 5.56 Å². The van der Waals surface area contributed by atoms with Crippen molar-refractivity contribution in [3.8, 4) is 0 Å². The van der Waals surface area contributed by atoms with Crippen LogP contribution in [0.3, 0.4) is 0 Å². The number of nitrogens with one attached hydrogen (secondary N) is 2. The summed E-state index contributed by atoms with van der Waals surface area (Å²) in [6.45, 7) is 3.64. The highest BCUT2D eigenvalue weighted by Gasteiger charge is 2.18. The summed E-state index contributed by atoms with van der Waals surface area (Å²) in [5, 5.41) is 7.65. The molecule has 3 rings (SSSR count). The van der Waals surface area contributed by atoms with Gasteiger partial charge in [0.15, 0.2) is 10.3 Å². The van der Waals surface area contributed by atoms with Gasteiger partial charge in [-0.1, -0.05) is 11.8 Å². The Morgan fingerprint density at radius 3 is 3.00 bits per heavy atom. The predicted molar refractivity (Wildman–Crippen MR) is 91.0 cm³/mol. The van der Waals surface area contributed by atoms with Gasteiger partial charge in [0.1, 0.15) is 4.83 Å². The smallest absolute Gasteiger partial charge is 0.260 e. The highest BCUT2D eigenvalue weighted by molar-refractivity contribution is 8.00. The molecule has 3 aromatic heterocycles. The summed E-state index contributed by atoms with van der Waals surface area (Å²) in [5.41, 5.74) is 0.749. The van der Waals surface area contributed by atoms with Gasteiger partial charge in [0.05, 0.1) is 10.6 Å². The average Bonchev–Trinajstić information content (AvgIpc) is 3.09. The van der Waals surface area contributed by atoms with Gasteiger partial charge >= 0.3 is 0 Å². The number of thioether (sulfide) groups is 1. The molecule has 0 bridgehead atoms. The van der Waals surface area contributed by atoms with E-state index in [1.165, 1.54) is 34.4 Å². The van der Waals surface area contributed by atoms with Crippen LogP contribution in [0.15, 0.2) is 26.9 Å². The quantitative estimate of drug-likeness (QED) is 0.557. The van der Waals surface area contributed by atoms with Gasteiger partial charge < -0.3 is 10.3 Å². The molecule has 0 aliphatic carbocycles. The topological polar surface area (TPSA) is 87.7 Å². The maximum atomic E-state index is 12.1. The SMILES string of the molecule is Cc1csc2nc(S[C@@H](C)C(=O)Nc3nccs3)[nH]c(=O)c12. The van der Waals surface area contributed by atoms with Gasteiger partial charge in [0, 0.05) is 11.6 Å². The number of fused-ring (bicyclic) bond motifs is 1. The highest BCUT2D eigenvalue weighted by atomic mass is 32.2. The predicted octanol–water partition coefficient (Wildman–Crippen LogP) is 2.87. The van der Waals surface area contributed by atoms with Crippen molar-refractivity contribution in [3.63, 3.8) is 0 Å². The van der Waals surface area contributed by atoms with Crippen molar-refractivity contribution >= 4 is 55.7 Å². The minimum absolute atomic E-state index is 0.168. The lowest BCUT2D eigenvalue weighted by atomic mass is 10.3. The number of aromatic amines is 1. The third-order valence-corrected chi connectivity index (χ3v) is 5.59. The van der Waals surface area contributed by atoms with Crippen molar-refractivity contribution < 1.29 is 4.79 Å². The zero-order chi connectivity index (χ0) is 15.7. The maximum Gasteiger partial charge on any atom is 0.260 e. The molecule has 1 atom stereocenters. The second kappa shape index (κ2) is 6.19. The molecule has 0 aliphatic heterocycles. The number of aromatic nitrogens is 3. The molecule has 114 valence electrons. The lowest BCUT2D eigenvalue weighted by Gasteiger charge is -2.09. The number of thiophene rings is 1. The molecule has 2 N–H and O–H groups in total. The number of hydrogen-bond acceptors (Lipinski definition) is 7. The number of nitrogens with zero attached hydrogens (tertiary/aromatic N) is 2. The maximum absolute atomic E-state index is 12.1. The van der Waals surface area contributed by atoms with E-state index in [9.17, 15) is 9.59 Å². The highest BCUT2D eigenvalue weighted by Crippen LogP contribution is 2.25. The van der Waals surface area contributed by atoms with E-state index in [4.69, 9.17) is 0 Å². The Morgan fingerprint density at radius 2 is 2.27 bits per heavy atom. The average molecular weight is 352 g/mol. The normalized spacial score (nSPS) is 12.5. The molecule has 0 saturated heterocycles. The van der Waals surface area contributed by atoms with Crippen LogP contribution in [-0.4, -0.2) is 26.1 Å². The Bertz CT molecular complexity index is 869. The molecule has 0 aromatic carbocycles. The fraction of sp³-hybridized carbons (Fsp3) is 0.231. The number of carbonyl (C=O) groups excluding carboxylic acids is 1. The number of anilines is 1. The Kier molecular flexibility index (Phi) is 4.27. The first kappa shape index (κ1) is 15.2. The molecule has 22 heavy (non-hydrogen) atoms. The van der Waals surface area contributed by atoms with Gasteiger partial charge in [0.25, 0.3) is 5.56 Å². The van der Waals surface area contributed by atoms with Gasteiger partial charge in [0.2, 0.25) is 5.91 Å². The minimum atomic E-state index is -0.398. The van der Waals surface area contributed by atoms with Crippen LogP contribution in [0.1, 0.15) is 12.5 Å². The molecule has 0 saturated carbocycles. The number of hydrogen-bond donors (Lipinski definition) is 2. The summed E-state index contributed by atoms with van der Waals surface area (Å²) in [6.07, 6.45) is 1.63. The number of H-pyrrole nitrogens is 1. The standard InChI is InChI=1S/C13H12N4O2S3/c1-6-5-21-11-8(6)10(19)16-13(17-11)22-7(2)9(18)15-12-14-3-4-20-12/h3-5,7H,1-2H3,(H,14,15,18)(H,16,17,19)/t7-/m0/s1. The van der Waals surface area contributed by atoms with Crippen LogP contribution in [-0.2, 0) is 4.79 Å². The number of thiazole rings is 1. The van der Waals surface area contributed by atoms with E-state index < -0.39 is 5.25 Å². The molecule has 6 nitrogen and oxygen atoms in total. The molecule has 3 aromatic rings. The third-order valence-electron chi connectivity index (χ3n) is 2.93. The van der Waals surface area contributed by atoms with E-state index >= 15 is 0 Å². The molecular formula is C13H12N4O2S3. The van der Waals surface area contributed by atoms with E-state index in [2.05, 4.69) is 20.3 Å². The molecule has 0 unspecified atom stereocenters. The lowest BCUT2D eigenvalue weighted by Crippen LogP contribution is -2.23. The molecule has 0 radical (unpaired) electrons. The van der Waals surface area contributed by atoms with Crippen LogP contribution in [0.2, 0.25) is 0 Å². The minimum Gasteiger partial charge on any atom is -0.301 e. The second-order valence-corrected chi connectivity index (χ2v) is 7.64. The van der Waals surface area contributed by atoms with Crippen molar-refractivity contribution in [1.29, 1.82) is 0 Å². The molecular weight excluding hydrogens is 340 g/mol. The molecule has 9 heteroatoms. The number of carbonyl (C=O) groups is 1. The fourth-order valence-electron chi connectivity index (χ4n) is 1.84. The molecule has 0 spiro atoms. The van der Waals surface area contributed by atoms with Crippen LogP contribution in [0.5, 0.6) is 0 Å². The Hall–Kier alpha value is -1.71. The lowest BCUT2D eigenvalue weighted by molar-refractivity contribution is -0.115.